The van der Waals surface area contributed by atoms with Crippen LogP contribution >= 0.6 is 0 Å². The Balaban J connectivity index is 2.68. The number of imidazole rings is 1. The molecule has 7 nitrogen and oxygen atoms in total. The highest BCUT2D eigenvalue weighted by Crippen LogP contribution is 2.17. The Bertz CT molecular complexity index is 726. The van der Waals surface area contributed by atoms with Crippen LogP contribution in [-0.2, 0) is 17.8 Å². The largest absolute Gasteiger partial charge is 0.392 e. The van der Waals surface area contributed by atoms with Gasteiger partial charge in [-0.3, -0.25) is 9.69 Å². The monoisotopic (exact) mass is 579 g/mol. The molecule has 0 aliphatic rings. The van der Waals surface area contributed by atoms with Crippen molar-refractivity contribution < 1.29 is 20.1 Å². The molecule has 0 fully saturated rings. The number of aromatic nitrogens is 2. The van der Waals surface area contributed by atoms with Crippen molar-refractivity contribution in [1.29, 1.82) is 0 Å². The number of carbonyl (C=O) groups is 1. The molecule has 0 saturated carbocycles. The molecule has 0 saturated heterocycles. The molecule has 0 amide bonds. The van der Waals surface area contributed by atoms with Gasteiger partial charge < -0.3 is 19.9 Å². The van der Waals surface area contributed by atoms with Crippen molar-refractivity contribution in [3.63, 3.8) is 0 Å². The molecule has 0 aromatic carbocycles. The van der Waals surface area contributed by atoms with Gasteiger partial charge in [0.1, 0.15) is 5.78 Å². The Labute approximate surface area is 252 Å². The molecule has 4 unspecified atom stereocenters. The maximum absolute atomic E-state index is 12.9. The molecule has 4 atom stereocenters. The first-order valence-electron chi connectivity index (χ1n) is 17.1. The van der Waals surface area contributed by atoms with Gasteiger partial charge in [-0.25, -0.2) is 4.98 Å². The van der Waals surface area contributed by atoms with Gasteiger partial charge in [-0.05, 0) is 26.7 Å². The van der Waals surface area contributed by atoms with E-state index in [0.717, 1.165) is 31.4 Å². The molecule has 0 spiro atoms. The minimum absolute atomic E-state index is 0.0219. The fraction of sp³-hybridized carbons (Fsp3) is 0.882. The second kappa shape index (κ2) is 24.2. The van der Waals surface area contributed by atoms with Crippen molar-refractivity contribution in [3.8, 4) is 0 Å². The van der Waals surface area contributed by atoms with Crippen LogP contribution in [0.1, 0.15) is 149 Å². The van der Waals surface area contributed by atoms with Crippen LogP contribution in [0.5, 0.6) is 0 Å². The Hall–Kier alpha value is -1.28. The maximum Gasteiger partial charge on any atom is 0.147 e. The summed E-state index contributed by atoms with van der Waals surface area (Å²) in [5.74, 6) is 0.0219. The lowest BCUT2D eigenvalue weighted by Crippen LogP contribution is -2.48. The van der Waals surface area contributed by atoms with Gasteiger partial charge in [-0.1, -0.05) is 117 Å². The van der Waals surface area contributed by atoms with Gasteiger partial charge in [-0.15, -0.1) is 0 Å². The van der Waals surface area contributed by atoms with E-state index in [1.165, 1.54) is 77.0 Å². The topological polar surface area (TPSA) is 98.8 Å². The van der Waals surface area contributed by atoms with Crippen molar-refractivity contribution in [2.75, 3.05) is 13.1 Å². The van der Waals surface area contributed by atoms with Crippen molar-refractivity contribution in [2.45, 2.75) is 181 Å². The van der Waals surface area contributed by atoms with E-state index in [1.54, 1.807) is 20.2 Å². The first kappa shape index (κ1) is 37.7. The van der Waals surface area contributed by atoms with Crippen LogP contribution in [0.3, 0.4) is 0 Å². The zero-order valence-electron chi connectivity index (χ0n) is 27.1. The fourth-order valence-corrected chi connectivity index (χ4v) is 5.73. The number of carbonyl (C=O) groups excluding carboxylic acids is 1. The van der Waals surface area contributed by atoms with Crippen molar-refractivity contribution in [2.24, 2.45) is 0 Å². The predicted molar refractivity (Wildman–Crippen MR) is 170 cm³/mol. The number of unbranched alkanes of at least 4 members (excludes halogenated alkanes) is 14. The van der Waals surface area contributed by atoms with E-state index < -0.39 is 24.4 Å². The number of nitrogens with zero attached hydrogens (tertiary/aromatic N) is 3. The maximum atomic E-state index is 12.9. The Morgan fingerprint density at radius 1 is 0.780 bits per heavy atom. The van der Waals surface area contributed by atoms with Crippen LogP contribution in [0.2, 0.25) is 0 Å². The van der Waals surface area contributed by atoms with Crippen LogP contribution < -0.4 is 0 Å². The van der Waals surface area contributed by atoms with Crippen LogP contribution in [0.15, 0.2) is 12.5 Å². The molecule has 1 aromatic heterocycles. The fourth-order valence-electron chi connectivity index (χ4n) is 5.73. The van der Waals surface area contributed by atoms with E-state index in [-0.39, 0.29) is 5.78 Å². The molecular formula is C34H65N3O4. The van der Waals surface area contributed by atoms with Gasteiger partial charge in [0, 0.05) is 32.3 Å². The van der Waals surface area contributed by atoms with E-state index in [4.69, 9.17) is 0 Å². The molecule has 3 N–H and O–H groups in total. The van der Waals surface area contributed by atoms with Gasteiger partial charge in [0.05, 0.1) is 36.4 Å². The average molecular weight is 580 g/mol. The van der Waals surface area contributed by atoms with Crippen LogP contribution in [0, 0.1) is 0 Å². The lowest BCUT2D eigenvalue weighted by Gasteiger charge is -2.33. The number of aliphatic hydroxyl groups is 3. The van der Waals surface area contributed by atoms with Crippen LogP contribution in [-0.4, -0.2) is 73.0 Å². The second-order valence-electron chi connectivity index (χ2n) is 12.5. The summed E-state index contributed by atoms with van der Waals surface area (Å²) in [6.45, 7) is 9.02. The summed E-state index contributed by atoms with van der Waals surface area (Å²) in [7, 11) is 0. The number of aliphatic hydroxyl groups excluding tert-OH is 3. The third kappa shape index (κ3) is 19.5. The van der Waals surface area contributed by atoms with Crippen molar-refractivity contribution in [1.82, 2.24) is 14.5 Å². The predicted octanol–water partition coefficient (Wildman–Crippen LogP) is 6.85. The van der Waals surface area contributed by atoms with E-state index in [9.17, 15) is 20.1 Å². The number of ketones is 1. The summed E-state index contributed by atoms with van der Waals surface area (Å²) in [4.78, 5) is 19.3. The summed E-state index contributed by atoms with van der Waals surface area (Å²) in [5.41, 5.74) is 0.783. The van der Waals surface area contributed by atoms with E-state index in [2.05, 4.69) is 18.8 Å². The van der Waals surface area contributed by atoms with Crippen LogP contribution in [0.4, 0.5) is 0 Å². The van der Waals surface area contributed by atoms with Gasteiger partial charge in [-0.2, -0.15) is 0 Å². The molecule has 1 aromatic rings. The molecule has 1 rings (SSSR count). The highest BCUT2D eigenvalue weighted by Gasteiger charge is 2.28. The third-order valence-electron chi connectivity index (χ3n) is 8.15. The minimum atomic E-state index is -0.528. The van der Waals surface area contributed by atoms with E-state index in [0.29, 0.717) is 38.9 Å². The quantitative estimate of drug-likeness (QED) is 0.0939. The standard InChI is InChI=1S/C34H65N3O4/c1-5-7-9-11-13-15-17-19-21-32(40)26-37(27-33(41)22-20-18-16-14-12-10-8-6-2)34(30(4)39)23-31-25-36(28-35-31)24-29(3)38/h25,28-29,32-34,38,40-41H,5-24,26-27H2,1-4H3. The lowest BCUT2D eigenvalue weighted by molar-refractivity contribution is -0.123. The van der Waals surface area contributed by atoms with Gasteiger partial charge in [0.25, 0.3) is 0 Å². The Morgan fingerprint density at radius 3 is 1.63 bits per heavy atom. The lowest BCUT2D eigenvalue weighted by atomic mass is 10.0. The zero-order chi connectivity index (χ0) is 30.3. The van der Waals surface area contributed by atoms with E-state index >= 15 is 0 Å². The smallest absolute Gasteiger partial charge is 0.147 e. The molecule has 0 aliphatic heterocycles. The highest BCUT2D eigenvalue weighted by atomic mass is 16.3. The number of hydrogen-bond donors (Lipinski definition) is 3. The molecule has 0 radical (unpaired) electrons. The highest BCUT2D eigenvalue weighted by molar-refractivity contribution is 5.81. The first-order valence-corrected chi connectivity index (χ1v) is 17.1. The van der Waals surface area contributed by atoms with E-state index in [1.807, 2.05) is 15.7 Å². The van der Waals surface area contributed by atoms with Crippen molar-refractivity contribution >= 4 is 5.78 Å². The summed E-state index contributed by atoms with van der Waals surface area (Å²) in [6.07, 6.45) is 23.5. The third-order valence-corrected chi connectivity index (χ3v) is 8.15. The second-order valence-corrected chi connectivity index (χ2v) is 12.5. The number of hydrogen-bond acceptors (Lipinski definition) is 6. The van der Waals surface area contributed by atoms with Gasteiger partial charge >= 0.3 is 0 Å². The molecule has 240 valence electrons. The average Bonchev–Trinajstić information content (AvgIpc) is 3.36. The van der Waals surface area contributed by atoms with Crippen molar-refractivity contribution in [3.05, 3.63) is 18.2 Å². The minimum Gasteiger partial charge on any atom is -0.392 e. The molecular weight excluding hydrogens is 514 g/mol. The summed E-state index contributed by atoms with van der Waals surface area (Å²) >= 11 is 0. The van der Waals surface area contributed by atoms with Gasteiger partial charge in [0.2, 0.25) is 0 Å². The molecule has 0 bridgehead atoms. The molecule has 7 heteroatoms. The SMILES string of the molecule is CCCCCCCCCCC(O)CN(CC(O)CCCCCCCCCC)C(Cc1cn(CC(C)O)cn1)C(C)=O. The number of Topliss-reactive ketones (excluding diaryl/α,β-unsaturated/α-hetero) is 1. The zero-order valence-corrected chi connectivity index (χ0v) is 27.1. The van der Waals surface area contributed by atoms with Gasteiger partial charge in [0.15, 0.2) is 0 Å². The Morgan fingerprint density at radius 2 is 1.22 bits per heavy atom. The number of rotatable bonds is 28. The Kier molecular flexibility index (Phi) is 22.3. The summed E-state index contributed by atoms with van der Waals surface area (Å²) in [5, 5.41) is 31.6. The summed E-state index contributed by atoms with van der Waals surface area (Å²) in [6, 6.07) is -0.452. The normalized spacial score (nSPS) is 14.8. The molecule has 41 heavy (non-hydrogen) atoms. The first-order chi connectivity index (χ1) is 19.8. The molecule has 1 heterocycles. The summed E-state index contributed by atoms with van der Waals surface area (Å²) < 4.78 is 1.84. The molecule has 0 aliphatic carbocycles. The van der Waals surface area contributed by atoms with Crippen LogP contribution in [0.25, 0.3) is 0 Å².